The topological polar surface area (TPSA) is 79.8 Å². The number of hydrazone groups is 1. The molecule has 0 aromatic heterocycles. The summed E-state index contributed by atoms with van der Waals surface area (Å²) in [7, 11) is 1.44. The summed E-state index contributed by atoms with van der Waals surface area (Å²) >= 11 is 11.8. The molecule has 0 unspecified atom stereocenters. The van der Waals surface area contributed by atoms with Crippen molar-refractivity contribution in [3.8, 4) is 0 Å². The second-order valence-corrected chi connectivity index (χ2v) is 6.52. The van der Waals surface area contributed by atoms with Gasteiger partial charge in [0.05, 0.1) is 16.5 Å². The fourth-order valence-electron chi connectivity index (χ4n) is 2.28. The standard InChI is InChI=1S/C19H19Cl2N3O3/c1-12(10-17(25)22-14-8-9-15(20)16(21)11-14)23-24-19(26)18(27-2)13-6-4-3-5-7-13/h3-9,11,18H,10H2,1-2H3,(H,22,25)(H,24,26)/b23-12-/t18-/m1/s1. The lowest BCUT2D eigenvalue weighted by Gasteiger charge is -2.14. The number of methoxy groups -OCH3 is 1. The first-order valence-corrected chi connectivity index (χ1v) is 8.82. The maximum Gasteiger partial charge on any atom is 0.273 e. The highest BCUT2D eigenvalue weighted by Crippen LogP contribution is 2.25. The lowest BCUT2D eigenvalue weighted by molar-refractivity contribution is -0.131. The van der Waals surface area contributed by atoms with E-state index < -0.39 is 12.0 Å². The Kier molecular flexibility index (Phi) is 7.79. The number of hydrogen-bond acceptors (Lipinski definition) is 4. The van der Waals surface area contributed by atoms with Gasteiger partial charge in [-0.05, 0) is 30.7 Å². The molecule has 27 heavy (non-hydrogen) atoms. The lowest BCUT2D eigenvalue weighted by Crippen LogP contribution is -2.28. The van der Waals surface area contributed by atoms with Gasteiger partial charge in [0.2, 0.25) is 5.91 Å². The third-order valence-corrected chi connectivity index (χ3v) is 4.29. The molecule has 0 spiro atoms. The molecular formula is C19H19Cl2N3O3. The van der Waals surface area contributed by atoms with Crippen LogP contribution < -0.4 is 10.7 Å². The van der Waals surface area contributed by atoms with Gasteiger partial charge >= 0.3 is 0 Å². The zero-order valence-corrected chi connectivity index (χ0v) is 16.3. The van der Waals surface area contributed by atoms with Crippen LogP contribution in [0.4, 0.5) is 5.69 Å². The van der Waals surface area contributed by atoms with Crippen LogP contribution in [0.2, 0.25) is 10.0 Å². The fraction of sp³-hybridized carbons (Fsp3) is 0.211. The third-order valence-electron chi connectivity index (χ3n) is 3.55. The number of amides is 2. The molecule has 2 aromatic rings. The molecule has 0 bridgehead atoms. The predicted octanol–water partition coefficient (Wildman–Crippen LogP) is 4.20. The Balaban J connectivity index is 1.91. The van der Waals surface area contributed by atoms with E-state index in [0.29, 0.717) is 27.0 Å². The van der Waals surface area contributed by atoms with E-state index in [1.165, 1.54) is 7.11 Å². The highest BCUT2D eigenvalue weighted by atomic mass is 35.5. The first kappa shape index (κ1) is 20.9. The molecule has 2 amide bonds. The van der Waals surface area contributed by atoms with Gasteiger partial charge in [-0.2, -0.15) is 5.10 Å². The molecule has 0 fully saturated rings. The second kappa shape index (κ2) is 10.1. The predicted molar refractivity (Wildman–Crippen MR) is 107 cm³/mol. The molecule has 8 heteroatoms. The summed E-state index contributed by atoms with van der Waals surface area (Å²) in [5.41, 5.74) is 4.09. The first-order valence-electron chi connectivity index (χ1n) is 8.06. The molecule has 0 aliphatic carbocycles. The zero-order valence-electron chi connectivity index (χ0n) is 14.8. The molecule has 2 rings (SSSR count). The van der Waals surface area contributed by atoms with E-state index in [1.807, 2.05) is 18.2 Å². The summed E-state index contributed by atoms with van der Waals surface area (Å²) in [4.78, 5) is 24.3. The van der Waals surface area contributed by atoms with Crippen LogP contribution in [0.1, 0.15) is 25.0 Å². The number of anilines is 1. The molecular weight excluding hydrogens is 389 g/mol. The number of nitrogens with zero attached hydrogens (tertiary/aromatic N) is 1. The molecule has 0 aliphatic heterocycles. The quantitative estimate of drug-likeness (QED) is 0.532. The molecule has 0 saturated heterocycles. The minimum Gasteiger partial charge on any atom is -0.367 e. The van der Waals surface area contributed by atoms with Gasteiger partial charge in [0.25, 0.3) is 5.91 Å². The van der Waals surface area contributed by atoms with Crippen molar-refractivity contribution >= 4 is 46.4 Å². The van der Waals surface area contributed by atoms with Crippen LogP contribution in [0.15, 0.2) is 53.6 Å². The van der Waals surface area contributed by atoms with Crippen LogP contribution in [-0.4, -0.2) is 24.6 Å². The van der Waals surface area contributed by atoms with E-state index >= 15 is 0 Å². The molecule has 0 saturated carbocycles. The first-order chi connectivity index (χ1) is 12.9. The van der Waals surface area contributed by atoms with E-state index in [9.17, 15) is 9.59 Å². The van der Waals surface area contributed by atoms with Crippen molar-refractivity contribution < 1.29 is 14.3 Å². The van der Waals surface area contributed by atoms with Crippen LogP contribution in [0, 0.1) is 0 Å². The number of hydrogen-bond donors (Lipinski definition) is 2. The molecule has 2 N–H and O–H groups in total. The maximum atomic E-state index is 12.3. The Morgan fingerprint density at radius 2 is 1.81 bits per heavy atom. The van der Waals surface area contributed by atoms with Gasteiger partial charge in [0.1, 0.15) is 0 Å². The number of halogens is 2. The largest absolute Gasteiger partial charge is 0.367 e. The van der Waals surface area contributed by atoms with Crippen molar-refractivity contribution in [1.29, 1.82) is 0 Å². The van der Waals surface area contributed by atoms with Gasteiger partial charge in [0.15, 0.2) is 6.10 Å². The Bertz CT molecular complexity index is 841. The molecule has 0 radical (unpaired) electrons. The van der Waals surface area contributed by atoms with E-state index in [-0.39, 0.29) is 12.3 Å². The third kappa shape index (κ3) is 6.36. The van der Waals surface area contributed by atoms with Gasteiger partial charge in [-0.3, -0.25) is 9.59 Å². The normalized spacial score (nSPS) is 12.4. The van der Waals surface area contributed by atoms with Crippen LogP contribution in [0.25, 0.3) is 0 Å². The molecule has 2 aromatic carbocycles. The average molecular weight is 408 g/mol. The van der Waals surface area contributed by atoms with Crippen molar-refractivity contribution in [3.63, 3.8) is 0 Å². The number of ether oxygens (including phenoxy) is 1. The van der Waals surface area contributed by atoms with Gasteiger partial charge < -0.3 is 10.1 Å². The summed E-state index contributed by atoms with van der Waals surface area (Å²) in [6, 6.07) is 13.8. The summed E-state index contributed by atoms with van der Waals surface area (Å²) in [6.07, 6.45) is -0.781. The number of benzene rings is 2. The fourth-order valence-corrected chi connectivity index (χ4v) is 2.58. The van der Waals surface area contributed by atoms with Crippen molar-refractivity contribution in [3.05, 3.63) is 64.1 Å². The Labute approximate surface area is 167 Å². The van der Waals surface area contributed by atoms with E-state index in [0.717, 1.165) is 0 Å². The smallest absolute Gasteiger partial charge is 0.273 e. The highest BCUT2D eigenvalue weighted by molar-refractivity contribution is 6.42. The van der Waals surface area contributed by atoms with Crippen molar-refractivity contribution in [2.24, 2.45) is 5.10 Å². The number of nitrogens with one attached hydrogen (secondary N) is 2. The summed E-state index contributed by atoms with van der Waals surface area (Å²) in [6.45, 7) is 1.64. The molecule has 0 aliphatic rings. The second-order valence-electron chi connectivity index (χ2n) is 5.70. The number of carbonyl (C=O) groups is 2. The van der Waals surface area contributed by atoms with E-state index in [2.05, 4.69) is 15.8 Å². The molecule has 6 nitrogen and oxygen atoms in total. The Morgan fingerprint density at radius 3 is 2.44 bits per heavy atom. The number of rotatable bonds is 7. The monoisotopic (exact) mass is 407 g/mol. The molecule has 1 atom stereocenters. The van der Waals surface area contributed by atoms with Crippen LogP contribution >= 0.6 is 23.2 Å². The zero-order chi connectivity index (χ0) is 19.8. The van der Waals surface area contributed by atoms with Gasteiger partial charge in [0, 0.05) is 18.5 Å². The minimum atomic E-state index is -0.784. The van der Waals surface area contributed by atoms with Gasteiger partial charge in [-0.15, -0.1) is 0 Å². The number of carbonyl (C=O) groups excluding carboxylic acids is 2. The van der Waals surface area contributed by atoms with E-state index in [4.69, 9.17) is 27.9 Å². The minimum absolute atomic E-state index is 0.00348. The Hall–Kier alpha value is -2.41. The molecule has 142 valence electrons. The van der Waals surface area contributed by atoms with Gasteiger partial charge in [-0.25, -0.2) is 5.43 Å². The summed E-state index contributed by atoms with van der Waals surface area (Å²) in [5.74, 6) is -0.719. The maximum absolute atomic E-state index is 12.3. The lowest BCUT2D eigenvalue weighted by atomic mass is 10.1. The van der Waals surface area contributed by atoms with Crippen molar-refractivity contribution in [2.45, 2.75) is 19.4 Å². The van der Waals surface area contributed by atoms with Crippen LogP contribution in [-0.2, 0) is 14.3 Å². The molecule has 0 heterocycles. The van der Waals surface area contributed by atoms with Crippen LogP contribution in [0.3, 0.4) is 0 Å². The van der Waals surface area contributed by atoms with Gasteiger partial charge in [-0.1, -0.05) is 53.5 Å². The van der Waals surface area contributed by atoms with Crippen molar-refractivity contribution in [2.75, 3.05) is 12.4 Å². The van der Waals surface area contributed by atoms with Crippen molar-refractivity contribution in [1.82, 2.24) is 5.43 Å². The SMILES string of the molecule is CO[C@@H](C(=O)N/N=C(/C)CC(=O)Nc1ccc(Cl)c(Cl)c1)c1ccccc1. The van der Waals surface area contributed by atoms with Crippen LogP contribution in [0.5, 0.6) is 0 Å². The average Bonchev–Trinajstić information content (AvgIpc) is 2.64. The highest BCUT2D eigenvalue weighted by Gasteiger charge is 2.19. The summed E-state index contributed by atoms with van der Waals surface area (Å²) < 4.78 is 5.23. The Morgan fingerprint density at radius 1 is 1.11 bits per heavy atom. The van der Waals surface area contributed by atoms with E-state index in [1.54, 1.807) is 37.3 Å². The summed E-state index contributed by atoms with van der Waals surface area (Å²) in [5, 5.41) is 7.40.